The molecule has 4 nitrogen and oxygen atoms in total. The lowest BCUT2D eigenvalue weighted by molar-refractivity contribution is 0.146. The van der Waals surface area contributed by atoms with Crippen LogP contribution in [0.4, 0.5) is 4.39 Å². The minimum absolute atomic E-state index is 0.230. The van der Waals surface area contributed by atoms with Crippen molar-refractivity contribution in [1.82, 2.24) is 10.6 Å². The Hall–Kier alpha value is -1.17. The number of methoxy groups -OCH3 is 1. The number of rotatable bonds is 5. The fourth-order valence-electron chi connectivity index (χ4n) is 2.15. The molecule has 0 saturated carbocycles. The van der Waals surface area contributed by atoms with Crippen molar-refractivity contribution in [3.05, 3.63) is 29.6 Å². The van der Waals surface area contributed by atoms with Gasteiger partial charge in [-0.2, -0.15) is 0 Å². The van der Waals surface area contributed by atoms with Crippen LogP contribution in [0.1, 0.15) is 5.56 Å². The predicted molar refractivity (Wildman–Crippen MR) is 67.0 cm³/mol. The molecular formula is C13H19FN2O2. The molecule has 1 heterocycles. The first-order valence-electron chi connectivity index (χ1n) is 6.12. The third-order valence-electron chi connectivity index (χ3n) is 3.26. The average Bonchev–Trinajstić information content (AvgIpc) is 2.75. The van der Waals surface area contributed by atoms with Crippen molar-refractivity contribution in [3.63, 3.8) is 0 Å². The molecule has 1 aliphatic rings. The summed E-state index contributed by atoms with van der Waals surface area (Å²) in [5.41, 5.74) is 0.869. The van der Waals surface area contributed by atoms with E-state index in [1.165, 1.54) is 13.2 Å². The second-order valence-corrected chi connectivity index (χ2v) is 4.59. The van der Waals surface area contributed by atoms with Crippen molar-refractivity contribution in [3.8, 4) is 5.75 Å². The quantitative estimate of drug-likeness (QED) is 0.716. The van der Waals surface area contributed by atoms with Crippen molar-refractivity contribution < 1.29 is 14.2 Å². The minimum atomic E-state index is -0.348. The molecule has 18 heavy (non-hydrogen) atoms. The van der Waals surface area contributed by atoms with E-state index in [4.69, 9.17) is 4.74 Å². The van der Waals surface area contributed by atoms with Gasteiger partial charge in [-0.25, -0.2) is 4.39 Å². The lowest BCUT2D eigenvalue weighted by Crippen LogP contribution is -2.30. The van der Waals surface area contributed by atoms with Crippen molar-refractivity contribution >= 4 is 0 Å². The molecule has 3 N–H and O–H groups in total. The summed E-state index contributed by atoms with van der Waals surface area (Å²) >= 11 is 0. The van der Waals surface area contributed by atoms with Crippen LogP contribution >= 0.6 is 0 Å². The van der Waals surface area contributed by atoms with Crippen LogP contribution in [0.5, 0.6) is 5.75 Å². The van der Waals surface area contributed by atoms with Gasteiger partial charge in [-0.3, -0.25) is 0 Å². The molecule has 1 aliphatic heterocycles. The van der Waals surface area contributed by atoms with Crippen LogP contribution < -0.4 is 15.4 Å². The molecule has 0 radical (unpaired) electrons. The van der Waals surface area contributed by atoms with E-state index in [0.717, 1.165) is 18.7 Å². The second kappa shape index (κ2) is 6.13. The highest BCUT2D eigenvalue weighted by Gasteiger charge is 2.23. The van der Waals surface area contributed by atoms with E-state index in [-0.39, 0.29) is 23.6 Å². The van der Waals surface area contributed by atoms with Gasteiger partial charge in [0, 0.05) is 32.1 Å². The number of aliphatic hydroxyl groups excluding tert-OH is 1. The van der Waals surface area contributed by atoms with Gasteiger partial charge in [0.05, 0.1) is 13.2 Å². The standard InChI is InChI=1S/C13H19FN2O2/c1-18-13-3-2-9(4-11(13)14)5-15-6-10-7-16-8-12(10)17/h2-4,10,12,15-17H,5-8H2,1H3. The van der Waals surface area contributed by atoms with Gasteiger partial charge in [-0.15, -0.1) is 0 Å². The molecular weight excluding hydrogens is 235 g/mol. The Bertz CT molecular complexity index is 401. The summed E-state index contributed by atoms with van der Waals surface area (Å²) in [6, 6.07) is 4.92. The first-order valence-corrected chi connectivity index (χ1v) is 6.12. The van der Waals surface area contributed by atoms with Crippen molar-refractivity contribution in [1.29, 1.82) is 0 Å². The Morgan fingerprint density at radius 1 is 1.50 bits per heavy atom. The predicted octanol–water partition coefficient (Wildman–Crippen LogP) is 0.504. The van der Waals surface area contributed by atoms with Gasteiger partial charge < -0.3 is 20.5 Å². The Morgan fingerprint density at radius 3 is 2.94 bits per heavy atom. The summed E-state index contributed by atoms with van der Waals surface area (Å²) in [7, 11) is 1.45. The summed E-state index contributed by atoms with van der Waals surface area (Å²) in [4.78, 5) is 0. The highest BCUT2D eigenvalue weighted by molar-refractivity contribution is 5.29. The summed E-state index contributed by atoms with van der Waals surface area (Å²) in [5, 5.41) is 16.0. The molecule has 5 heteroatoms. The molecule has 0 bridgehead atoms. The van der Waals surface area contributed by atoms with Crippen molar-refractivity contribution in [2.24, 2.45) is 5.92 Å². The summed E-state index contributed by atoms with van der Waals surface area (Å²) < 4.78 is 18.3. The van der Waals surface area contributed by atoms with Crippen LogP contribution in [0, 0.1) is 11.7 Å². The van der Waals surface area contributed by atoms with Crippen LogP contribution in [-0.4, -0.2) is 38.0 Å². The van der Waals surface area contributed by atoms with E-state index >= 15 is 0 Å². The van der Waals surface area contributed by atoms with Crippen LogP contribution in [0.15, 0.2) is 18.2 Å². The number of benzene rings is 1. The Kier molecular flexibility index (Phi) is 4.52. The van der Waals surface area contributed by atoms with Crippen LogP contribution in [0.25, 0.3) is 0 Å². The molecule has 0 spiro atoms. The third-order valence-corrected chi connectivity index (χ3v) is 3.26. The molecule has 1 aromatic carbocycles. The summed E-state index contributed by atoms with van der Waals surface area (Å²) in [5.74, 6) is 0.140. The number of hydrogen-bond donors (Lipinski definition) is 3. The van der Waals surface area contributed by atoms with Gasteiger partial charge in [0.2, 0.25) is 0 Å². The number of β-amino-alcohol motifs (C(OH)–C–C–N with tert-alkyl or cyclic N) is 1. The number of hydrogen-bond acceptors (Lipinski definition) is 4. The van der Waals surface area contributed by atoms with E-state index < -0.39 is 0 Å². The van der Waals surface area contributed by atoms with Crippen molar-refractivity contribution in [2.45, 2.75) is 12.6 Å². The molecule has 0 amide bonds. The maximum atomic E-state index is 13.4. The monoisotopic (exact) mass is 254 g/mol. The molecule has 1 saturated heterocycles. The number of ether oxygens (including phenoxy) is 1. The molecule has 2 rings (SSSR count). The largest absolute Gasteiger partial charge is 0.494 e. The maximum Gasteiger partial charge on any atom is 0.165 e. The van der Waals surface area contributed by atoms with Gasteiger partial charge >= 0.3 is 0 Å². The van der Waals surface area contributed by atoms with Gasteiger partial charge in [-0.05, 0) is 17.7 Å². The number of nitrogens with one attached hydrogen (secondary N) is 2. The fraction of sp³-hybridized carbons (Fsp3) is 0.538. The average molecular weight is 254 g/mol. The van der Waals surface area contributed by atoms with Crippen LogP contribution in [-0.2, 0) is 6.54 Å². The zero-order chi connectivity index (χ0) is 13.0. The number of halogens is 1. The van der Waals surface area contributed by atoms with E-state index in [2.05, 4.69) is 10.6 Å². The lowest BCUT2D eigenvalue weighted by Gasteiger charge is -2.14. The molecule has 2 atom stereocenters. The Labute approximate surface area is 106 Å². The summed E-state index contributed by atoms with van der Waals surface area (Å²) in [6.45, 7) is 2.79. The zero-order valence-corrected chi connectivity index (χ0v) is 10.4. The lowest BCUT2D eigenvalue weighted by atomic mass is 10.1. The fourth-order valence-corrected chi connectivity index (χ4v) is 2.15. The van der Waals surface area contributed by atoms with E-state index in [1.54, 1.807) is 6.07 Å². The highest BCUT2D eigenvalue weighted by atomic mass is 19.1. The van der Waals surface area contributed by atoms with Gasteiger partial charge in [-0.1, -0.05) is 6.07 Å². The molecule has 1 fully saturated rings. The van der Waals surface area contributed by atoms with E-state index in [1.807, 2.05) is 6.07 Å². The molecule has 0 aromatic heterocycles. The number of aliphatic hydroxyl groups is 1. The van der Waals surface area contributed by atoms with Gasteiger partial charge in [0.15, 0.2) is 11.6 Å². The molecule has 2 unspecified atom stereocenters. The van der Waals surface area contributed by atoms with Gasteiger partial charge in [0.25, 0.3) is 0 Å². The Morgan fingerprint density at radius 2 is 2.33 bits per heavy atom. The maximum absolute atomic E-state index is 13.4. The normalized spacial score (nSPS) is 23.3. The third kappa shape index (κ3) is 3.19. The van der Waals surface area contributed by atoms with Crippen LogP contribution in [0.2, 0.25) is 0 Å². The van der Waals surface area contributed by atoms with Gasteiger partial charge in [0.1, 0.15) is 0 Å². The second-order valence-electron chi connectivity index (χ2n) is 4.59. The highest BCUT2D eigenvalue weighted by Crippen LogP contribution is 2.17. The Balaban J connectivity index is 1.81. The topological polar surface area (TPSA) is 53.5 Å². The molecule has 0 aliphatic carbocycles. The first-order chi connectivity index (χ1) is 8.70. The smallest absolute Gasteiger partial charge is 0.165 e. The molecule has 1 aromatic rings. The van der Waals surface area contributed by atoms with Crippen molar-refractivity contribution in [2.75, 3.05) is 26.7 Å². The van der Waals surface area contributed by atoms with E-state index in [9.17, 15) is 9.50 Å². The zero-order valence-electron chi connectivity index (χ0n) is 10.4. The van der Waals surface area contributed by atoms with Crippen LogP contribution in [0.3, 0.4) is 0 Å². The minimum Gasteiger partial charge on any atom is -0.494 e. The molecule has 100 valence electrons. The first kappa shape index (κ1) is 13.3. The SMILES string of the molecule is COc1ccc(CNCC2CNCC2O)cc1F. The summed E-state index contributed by atoms with van der Waals surface area (Å²) in [6.07, 6.45) is -0.287. The van der Waals surface area contributed by atoms with E-state index in [0.29, 0.717) is 13.1 Å².